The quantitative estimate of drug-likeness (QED) is 0.0318. The Morgan fingerprint density at radius 2 is 1.33 bits per heavy atom. The molecule has 15 heteroatoms. The molecule has 0 atom stereocenters. The maximum atomic E-state index is 13.7. The van der Waals surface area contributed by atoms with Gasteiger partial charge in [0.05, 0.1) is 22.5 Å². The van der Waals surface area contributed by atoms with Gasteiger partial charge in [-0.2, -0.15) is 21.4 Å². The molecule has 0 fully saturated rings. The lowest BCUT2D eigenvalue weighted by atomic mass is 9.77. The van der Waals surface area contributed by atoms with E-state index in [0.29, 0.717) is 54.5 Å². The standard InChI is InChI=1S/C45H58N2O11S2/c1-7-17-36(48)31-29-33(37(49)18-8-2)43-35(30-31)47(26-16-28-60(56,57)58)40(45(43,5)6)23-11-9-10-22-39-44(3,4)42-32(38(50)21-12-13-24-41(51)52)19-14-20-34(42)46(39)25-15-27-59(53,54)55/h9-11,14,19-20,22-23,29-30H,7-8,12-13,15-18,21,24-28H2,1-6H3,(H2-,51,52,53,54,55,56,57,58)/p+1. The summed E-state index contributed by atoms with van der Waals surface area (Å²) >= 11 is 0. The summed E-state index contributed by atoms with van der Waals surface area (Å²) in [7, 11) is -8.49. The van der Waals surface area contributed by atoms with Crippen molar-refractivity contribution in [3.63, 3.8) is 0 Å². The van der Waals surface area contributed by atoms with Gasteiger partial charge in [0.25, 0.3) is 20.2 Å². The van der Waals surface area contributed by atoms with Crippen LogP contribution in [0, 0.1) is 0 Å². The third-order valence-electron chi connectivity index (χ3n) is 11.1. The number of anilines is 1. The first-order valence-corrected chi connectivity index (χ1v) is 23.8. The van der Waals surface area contributed by atoms with Gasteiger partial charge >= 0.3 is 5.97 Å². The van der Waals surface area contributed by atoms with E-state index in [9.17, 15) is 45.1 Å². The molecule has 2 aliphatic rings. The molecule has 0 aliphatic carbocycles. The van der Waals surface area contributed by atoms with E-state index in [1.807, 2.05) is 81.4 Å². The molecule has 0 saturated heterocycles. The van der Waals surface area contributed by atoms with E-state index < -0.39 is 48.5 Å². The van der Waals surface area contributed by atoms with Crippen LogP contribution < -0.4 is 4.90 Å². The van der Waals surface area contributed by atoms with Gasteiger partial charge in [0.2, 0.25) is 5.69 Å². The Kier molecular flexibility index (Phi) is 15.9. The van der Waals surface area contributed by atoms with Gasteiger partial charge in [-0.3, -0.25) is 28.3 Å². The van der Waals surface area contributed by atoms with Gasteiger partial charge in [0.15, 0.2) is 23.1 Å². The van der Waals surface area contributed by atoms with Crippen LogP contribution in [0.4, 0.5) is 11.4 Å². The third kappa shape index (κ3) is 11.6. The smallest absolute Gasteiger partial charge is 0.303 e. The number of hydrogen-bond donors (Lipinski definition) is 3. The first-order valence-electron chi connectivity index (χ1n) is 20.6. The average molecular weight is 868 g/mol. The summed E-state index contributed by atoms with van der Waals surface area (Å²) in [6, 6.07) is 8.85. The predicted molar refractivity (Wildman–Crippen MR) is 233 cm³/mol. The lowest BCUT2D eigenvalue weighted by Crippen LogP contribution is -2.29. The maximum absolute atomic E-state index is 13.7. The number of aliphatic carboxylic acids is 1. The zero-order valence-corrected chi connectivity index (χ0v) is 37.1. The molecule has 0 aromatic heterocycles. The second-order valence-electron chi connectivity index (χ2n) is 16.5. The summed E-state index contributed by atoms with van der Waals surface area (Å²) in [6.07, 6.45) is 12.1. The molecule has 326 valence electrons. The minimum atomic E-state index is -4.26. The van der Waals surface area contributed by atoms with E-state index in [4.69, 9.17) is 5.11 Å². The maximum Gasteiger partial charge on any atom is 0.303 e. The number of carboxylic acid groups (broad SMARTS) is 1. The normalized spacial score (nSPS) is 16.6. The Bertz CT molecular complexity index is 2350. The number of Topliss-reactive ketones (excluding diaryl/α,β-unsaturated/α-hetero) is 3. The molecule has 2 aromatic carbocycles. The van der Waals surface area contributed by atoms with Crippen molar-refractivity contribution in [2.24, 2.45) is 0 Å². The number of fused-ring (bicyclic) bond motifs is 2. The number of rotatable bonds is 23. The zero-order chi connectivity index (χ0) is 44.6. The van der Waals surface area contributed by atoms with Crippen molar-refractivity contribution in [2.75, 3.05) is 29.5 Å². The van der Waals surface area contributed by atoms with Crippen LogP contribution in [-0.4, -0.2) is 89.2 Å². The van der Waals surface area contributed by atoms with Crippen LogP contribution in [0.3, 0.4) is 0 Å². The van der Waals surface area contributed by atoms with Crippen molar-refractivity contribution in [3.05, 3.63) is 94.2 Å². The summed E-state index contributed by atoms with van der Waals surface area (Å²) in [5.74, 6) is -2.16. The number of nitrogens with zero attached hydrogens (tertiary/aromatic N) is 2. The topological polar surface area (TPSA) is 203 Å². The summed E-state index contributed by atoms with van der Waals surface area (Å²) in [5, 5.41) is 9.03. The van der Waals surface area contributed by atoms with Crippen LogP contribution in [0.2, 0.25) is 0 Å². The molecule has 0 unspecified atom stereocenters. The van der Waals surface area contributed by atoms with Crippen LogP contribution in [-0.2, 0) is 35.9 Å². The van der Waals surface area contributed by atoms with Crippen LogP contribution in [0.5, 0.6) is 0 Å². The van der Waals surface area contributed by atoms with Crippen LogP contribution in [0.25, 0.3) is 0 Å². The zero-order valence-electron chi connectivity index (χ0n) is 35.5. The van der Waals surface area contributed by atoms with Crippen molar-refractivity contribution >= 4 is 60.6 Å². The lowest BCUT2D eigenvalue weighted by Gasteiger charge is -2.27. The number of ketones is 3. The first-order chi connectivity index (χ1) is 28.0. The molecule has 0 amide bonds. The summed E-state index contributed by atoms with van der Waals surface area (Å²) in [6.45, 7) is 12.1. The SMILES string of the molecule is CCCC(=O)c1cc(C(=O)CCC)c2c(c1)N(CCCS(=O)(=O)O)C(=CC=CC=CC1=[N+](CCCS(=O)(=O)O)c3cccc(C(=O)CCCCC(=O)O)c3C1(C)C)C2(C)C. The molecular formula is C45H59N2O11S2+. The Morgan fingerprint density at radius 3 is 1.97 bits per heavy atom. The number of hydrogen-bond acceptors (Lipinski definition) is 9. The monoisotopic (exact) mass is 867 g/mol. The van der Waals surface area contributed by atoms with Crippen LogP contribution in [0.1, 0.15) is 148 Å². The molecular weight excluding hydrogens is 809 g/mol. The van der Waals surface area contributed by atoms with Gasteiger partial charge < -0.3 is 10.0 Å². The molecule has 2 aliphatic heterocycles. The molecule has 0 saturated carbocycles. The molecule has 60 heavy (non-hydrogen) atoms. The summed E-state index contributed by atoms with van der Waals surface area (Å²) in [5.41, 5.74) is 4.30. The molecule has 3 N–H and O–H groups in total. The first kappa shape index (κ1) is 48.1. The Morgan fingerprint density at radius 1 is 0.717 bits per heavy atom. The fourth-order valence-corrected chi connectivity index (χ4v) is 9.39. The highest BCUT2D eigenvalue weighted by Crippen LogP contribution is 2.50. The molecule has 13 nitrogen and oxygen atoms in total. The minimum absolute atomic E-state index is 0.0305. The fraction of sp³-hybridized carbons (Fsp3) is 0.489. The van der Waals surface area contributed by atoms with E-state index in [1.54, 1.807) is 30.3 Å². The average Bonchev–Trinajstić information content (AvgIpc) is 3.50. The summed E-state index contributed by atoms with van der Waals surface area (Å²) < 4.78 is 67.8. The van der Waals surface area contributed by atoms with Crippen molar-refractivity contribution in [1.82, 2.24) is 0 Å². The molecule has 4 rings (SSSR count). The van der Waals surface area contributed by atoms with Crippen molar-refractivity contribution in [1.29, 1.82) is 0 Å². The minimum Gasteiger partial charge on any atom is -0.481 e. The van der Waals surface area contributed by atoms with Crippen molar-refractivity contribution in [3.8, 4) is 0 Å². The van der Waals surface area contributed by atoms with E-state index in [-0.39, 0.29) is 62.5 Å². The molecule has 0 spiro atoms. The largest absolute Gasteiger partial charge is 0.481 e. The number of unbranched alkanes of at least 4 members (excludes halogenated alkanes) is 1. The van der Waals surface area contributed by atoms with E-state index in [0.717, 1.165) is 28.2 Å². The van der Waals surface area contributed by atoms with Crippen LogP contribution in [0.15, 0.2) is 66.4 Å². The number of carbonyl (C=O) groups is 4. The molecule has 0 radical (unpaired) electrons. The fourth-order valence-electron chi connectivity index (χ4n) is 8.40. The van der Waals surface area contributed by atoms with Crippen molar-refractivity contribution < 1.29 is 54.8 Å². The highest BCUT2D eigenvalue weighted by molar-refractivity contribution is 7.86. The molecule has 2 aromatic rings. The van der Waals surface area contributed by atoms with Gasteiger partial charge in [-0.1, -0.05) is 58.1 Å². The molecule has 0 bridgehead atoms. The predicted octanol–water partition coefficient (Wildman–Crippen LogP) is 8.21. The number of benzene rings is 2. The van der Waals surface area contributed by atoms with Gasteiger partial charge in [0.1, 0.15) is 6.54 Å². The van der Waals surface area contributed by atoms with E-state index in [2.05, 4.69) is 0 Å². The lowest BCUT2D eigenvalue weighted by molar-refractivity contribution is -0.437. The number of carbonyl (C=O) groups excluding carboxylic acids is 3. The van der Waals surface area contributed by atoms with Gasteiger partial charge in [-0.05, 0) is 69.7 Å². The Balaban J connectivity index is 1.78. The third-order valence-corrected chi connectivity index (χ3v) is 12.7. The highest BCUT2D eigenvalue weighted by atomic mass is 32.2. The van der Waals surface area contributed by atoms with E-state index >= 15 is 0 Å². The van der Waals surface area contributed by atoms with Gasteiger partial charge in [-0.25, -0.2) is 0 Å². The Hall–Kier alpha value is -4.57. The summed E-state index contributed by atoms with van der Waals surface area (Å²) in [4.78, 5) is 53.4. The Labute approximate surface area is 354 Å². The van der Waals surface area contributed by atoms with E-state index in [1.165, 1.54) is 0 Å². The number of allylic oxidation sites excluding steroid dienone is 6. The van der Waals surface area contributed by atoms with Crippen LogP contribution >= 0.6 is 0 Å². The van der Waals surface area contributed by atoms with Gasteiger partial charge in [-0.15, -0.1) is 0 Å². The van der Waals surface area contributed by atoms with Crippen molar-refractivity contribution in [2.45, 2.75) is 117 Å². The highest BCUT2D eigenvalue weighted by Gasteiger charge is 2.47. The van der Waals surface area contributed by atoms with Gasteiger partial charge in [0, 0.05) is 84.3 Å². The second-order valence-corrected chi connectivity index (χ2v) is 19.6. The second kappa shape index (κ2) is 19.9. The number of carboxylic acids is 1. The molecule has 2 heterocycles.